The number of aliphatic hydroxyl groups is 1. The highest BCUT2D eigenvalue weighted by Crippen LogP contribution is 2.45. The molecule has 0 spiro atoms. The molecule has 3 aromatic rings. The minimum Gasteiger partial charge on any atom is -0.505 e. The van der Waals surface area contributed by atoms with Crippen molar-refractivity contribution in [1.82, 2.24) is 0 Å². The molecule has 5 rings (SSSR count). The van der Waals surface area contributed by atoms with E-state index >= 15 is 8.78 Å². The van der Waals surface area contributed by atoms with Crippen molar-refractivity contribution in [1.29, 1.82) is 0 Å². The minimum absolute atomic E-state index is 0.0695. The minimum atomic E-state index is -1.28. The van der Waals surface area contributed by atoms with Crippen LogP contribution in [0.2, 0.25) is 0 Å². The van der Waals surface area contributed by atoms with E-state index in [-0.39, 0.29) is 45.6 Å². The van der Waals surface area contributed by atoms with Crippen molar-refractivity contribution < 1.29 is 36.6 Å². The molecule has 0 heterocycles. The number of benzene rings is 3. The van der Waals surface area contributed by atoms with Crippen LogP contribution in [-0.2, 0) is 0 Å². The highest BCUT2D eigenvalue weighted by atomic mass is 19.2. The average Bonchev–Trinajstić information content (AvgIpc) is 2.99. The number of hydrogen-bond acceptors (Lipinski definition) is 2. The van der Waals surface area contributed by atoms with Crippen LogP contribution in [0.15, 0.2) is 42.5 Å². The summed E-state index contributed by atoms with van der Waals surface area (Å²) in [6, 6.07) is 8.57. The van der Waals surface area contributed by atoms with Crippen LogP contribution in [0.5, 0.6) is 5.75 Å². The van der Waals surface area contributed by atoms with Gasteiger partial charge in [0.05, 0.1) is 6.10 Å². The molecule has 2 N–H and O–H groups in total. The van der Waals surface area contributed by atoms with Crippen molar-refractivity contribution in [3.8, 4) is 5.75 Å². The Labute approximate surface area is 241 Å². The van der Waals surface area contributed by atoms with Crippen molar-refractivity contribution in [2.24, 2.45) is 0 Å². The van der Waals surface area contributed by atoms with E-state index in [2.05, 4.69) is 0 Å². The topological polar surface area (TPSA) is 40.5 Å². The zero-order valence-corrected chi connectivity index (χ0v) is 23.4. The van der Waals surface area contributed by atoms with E-state index in [0.717, 1.165) is 6.07 Å². The van der Waals surface area contributed by atoms with Crippen LogP contribution in [0.25, 0.3) is 5.57 Å². The van der Waals surface area contributed by atoms with Gasteiger partial charge in [0.1, 0.15) is 0 Å². The summed E-state index contributed by atoms with van der Waals surface area (Å²) in [7, 11) is 0. The number of phenols is 1. The number of hydrogen-bond donors (Lipinski definition) is 2. The Bertz CT molecular complexity index is 1490. The van der Waals surface area contributed by atoms with E-state index in [0.29, 0.717) is 63.4 Å². The van der Waals surface area contributed by atoms with E-state index in [1.54, 1.807) is 18.2 Å². The maximum Gasteiger partial charge on any atom is 0.200 e. The second-order valence-corrected chi connectivity index (χ2v) is 11.6. The average molecular weight is 589 g/mol. The molecule has 1 fully saturated rings. The summed E-state index contributed by atoms with van der Waals surface area (Å²) in [5.74, 6) is -7.83. The third kappa shape index (κ3) is 5.70. The van der Waals surface area contributed by atoms with Crippen LogP contribution in [0.4, 0.5) is 26.3 Å². The van der Waals surface area contributed by atoms with Gasteiger partial charge in [0.25, 0.3) is 0 Å². The quantitative estimate of drug-likeness (QED) is 0.270. The normalized spacial score (nSPS) is 21.7. The number of allylic oxidation sites excluding steroid dienone is 2. The van der Waals surface area contributed by atoms with E-state index in [9.17, 15) is 27.8 Å². The van der Waals surface area contributed by atoms with Crippen molar-refractivity contribution in [3.05, 3.63) is 105 Å². The Morgan fingerprint density at radius 2 is 1.21 bits per heavy atom. The second-order valence-electron chi connectivity index (χ2n) is 11.6. The molecule has 2 atom stereocenters. The molecule has 0 saturated heterocycles. The van der Waals surface area contributed by atoms with Crippen LogP contribution in [0.3, 0.4) is 0 Å². The Kier molecular flexibility index (Phi) is 9.02. The molecule has 2 nitrogen and oxygen atoms in total. The highest BCUT2D eigenvalue weighted by molar-refractivity contribution is 5.67. The lowest BCUT2D eigenvalue weighted by Crippen LogP contribution is -2.16. The fourth-order valence-electron chi connectivity index (χ4n) is 6.65. The molecule has 0 radical (unpaired) electrons. The van der Waals surface area contributed by atoms with E-state index in [1.807, 2.05) is 6.92 Å². The van der Waals surface area contributed by atoms with Gasteiger partial charge in [0, 0.05) is 11.1 Å². The van der Waals surface area contributed by atoms with Gasteiger partial charge in [-0.2, -0.15) is 4.39 Å². The van der Waals surface area contributed by atoms with Gasteiger partial charge in [0.2, 0.25) is 5.82 Å². The van der Waals surface area contributed by atoms with E-state index in [1.165, 1.54) is 18.2 Å². The maximum atomic E-state index is 15.4. The van der Waals surface area contributed by atoms with Gasteiger partial charge >= 0.3 is 0 Å². The molecule has 2 aliphatic carbocycles. The van der Waals surface area contributed by atoms with Gasteiger partial charge < -0.3 is 10.2 Å². The van der Waals surface area contributed by atoms with Crippen LogP contribution in [-0.4, -0.2) is 10.2 Å². The highest BCUT2D eigenvalue weighted by Gasteiger charge is 2.31. The first-order chi connectivity index (χ1) is 20.1. The van der Waals surface area contributed by atoms with Gasteiger partial charge in [-0.15, -0.1) is 0 Å². The molecule has 224 valence electrons. The fourth-order valence-corrected chi connectivity index (χ4v) is 6.65. The largest absolute Gasteiger partial charge is 0.505 e. The Morgan fingerprint density at radius 1 is 0.667 bits per heavy atom. The molecule has 0 bridgehead atoms. The van der Waals surface area contributed by atoms with Crippen molar-refractivity contribution >= 4 is 5.57 Å². The van der Waals surface area contributed by atoms with Gasteiger partial charge in [-0.25, -0.2) is 22.0 Å². The molecule has 2 aliphatic rings. The fraction of sp³-hybridized carbons (Fsp3) is 0.412. The molecule has 2 unspecified atom stereocenters. The molecule has 0 aliphatic heterocycles. The lowest BCUT2D eigenvalue weighted by atomic mass is 9.75. The van der Waals surface area contributed by atoms with Crippen LogP contribution in [0.1, 0.15) is 116 Å². The van der Waals surface area contributed by atoms with E-state index in [4.69, 9.17) is 0 Å². The van der Waals surface area contributed by atoms with Crippen LogP contribution < -0.4 is 0 Å². The second kappa shape index (κ2) is 12.5. The third-order valence-electron chi connectivity index (χ3n) is 9.07. The predicted octanol–water partition coefficient (Wildman–Crippen LogP) is 9.85. The molecule has 42 heavy (non-hydrogen) atoms. The zero-order valence-electron chi connectivity index (χ0n) is 23.4. The van der Waals surface area contributed by atoms with E-state index < -0.39 is 46.8 Å². The maximum absolute atomic E-state index is 15.4. The SMILES string of the molecule is CCCC(O)c1ccc(C2=CCC(c3ccc(C4CCC(c5ccc(O)c(F)c5F)CC4)c(F)c3F)CC2)c(F)c1F. The smallest absolute Gasteiger partial charge is 0.200 e. The Balaban J connectivity index is 1.27. The lowest BCUT2D eigenvalue weighted by Gasteiger charge is -2.30. The summed E-state index contributed by atoms with van der Waals surface area (Å²) < 4.78 is 88.4. The van der Waals surface area contributed by atoms with Gasteiger partial charge in [-0.05, 0) is 97.5 Å². The molecular formula is C34H34F6O2. The first-order valence-electron chi connectivity index (χ1n) is 14.6. The number of aromatic hydroxyl groups is 1. The van der Waals surface area contributed by atoms with Gasteiger partial charge in [-0.1, -0.05) is 49.8 Å². The van der Waals surface area contributed by atoms with Crippen molar-refractivity contribution in [3.63, 3.8) is 0 Å². The monoisotopic (exact) mass is 588 g/mol. The molecule has 1 saturated carbocycles. The predicted molar refractivity (Wildman–Crippen MR) is 149 cm³/mol. The summed E-state index contributed by atoms with van der Waals surface area (Å²) in [4.78, 5) is 0. The summed E-state index contributed by atoms with van der Waals surface area (Å²) in [5.41, 5.74) is 1.33. The Hall–Kier alpha value is -3.26. The van der Waals surface area contributed by atoms with Gasteiger partial charge in [0.15, 0.2) is 34.8 Å². The third-order valence-corrected chi connectivity index (χ3v) is 9.07. The number of aliphatic hydroxyl groups excluding tert-OH is 1. The molecule has 3 aromatic carbocycles. The van der Waals surface area contributed by atoms with Crippen molar-refractivity contribution in [2.45, 2.75) is 88.6 Å². The van der Waals surface area contributed by atoms with Crippen LogP contribution in [0, 0.1) is 34.9 Å². The standard InChI is InChI=1S/C34H34F6O2/c1-2-3-27(41)26-15-14-24(31(37)33(26)39)20-6-4-18(5-7-20)22-12-13-23(30(36)29(22)35)19-8-10-21(11-9-19)25-16-17-28(42)34(40)32(25)38/h6,12-19,21,27,41-42H,2-5,7-11H2,1H3. The summed E-state index contributed by atoms with van der Waals surface area (Å²) in [5, 5.41) is 19.5. The zero-order chi connectivity index (χ0) is 30.1. The number of rotatable bonds is 7. The first-order valence-corrected chi connectivity index (χ1v) is 14.6. The molecular weight excluding hydrogens is 554 g/mol. The lowest BCUT2D eigenvalue weighted by molar-refractivity contribution is 0.160. The van der Waals surface area contributed by atoms with Crippen LogP contribution >= 0.6 is 0 Å². The van der Waals surface area contributed by atoms with Crippen molar-refractivity contribution in [2.75, 3.05) is 0 Å². The number of phenolic OH excluding ortho intramolecular Hbond substituents is 1. The Morgan fingerprint density at radius 3 is 1.76 bits per heavy atom. The van der Waals surface area contributed by atoms with Gasteiger partial charge in [-0.3, -0.25) is 0 Å². The summed E-state index contributed by atoms with van der Waals surface area (Å²) >= 11 is 0. The number of halogens is 6. The summed E-state index contributed by atoms with van der Waals surface area (Å²) in [6.45, 7) is 1.84. The first kappa shape index (κ1) is 30.2. The molecule has 0 amide bonds. The molecule has 8 heteroatoms. The molecule has 0 aromatic heterocycles. The summed E-state index contributed by atoms with van der Waals surface area (Å²) in [6.07, 6.45) is 4.65.